The standard InChI is InChI=1S/C25H30ClN3O4S/c1-17(2)18-4-6-19(7-5-18)33-16-22(30)29(11-10-28-12-14-32-15-13-28)25-27-23-21(31-3)9-8-20(26)24(23)34-25/h4-9,17H,10-16H2,1-3H3. The maximum Gasteiger partial charge on any atom is 0.266 e. The number of morpholine rings is 1. The number of ether oxygens (including phenoxy) is 3. The van der Waals surface area contributed by atoms with Crippen LogP contribution in [0.4, 0.5) is 5.13 Å². The summed E-state index contributed by atoms with van der Waals surface area (Å²) in [5.74, 6) is 1.58. The van der Waals surface area contributed by atoms with E-state index in [-0.39, 0.29) is 12.5 Å². The first-order valence-electron chi connectivity index (χ1n) is 11.4. The van der Waals surface area contributed by atoms with Crippen molar-refractivity contribution in [3.63, 3.8) is 0 Å². The van der Waals surface area contributed by atoms with Crippen molar-refractivity contribution in [2.24, 2.45) is 0 Å². The number of carbonyl (C=O) groups excluding carboxylic acids is 1. The second-order valence-corrected chi connectivity index (χ2v) is 9.82. The molecule has 182 valence electrons. The Morgan fingerprint density at radius 3 is 2.62 bits per heavy atom. The molecular formula is C25H30ClN3O4S. The number of fused-ring (bicyclic) bond motifs is 1. The lowest BCUT2D eigenvalue weighted by molar-refractivity contribution is -0.120. The topological polar surface area (TPSA) is 64.1 Å². The summed E-state index contributed by atoms with van der Waals surface area (Å²) in [6.45, 7) is 8.53. The Kier molecular flexibility index (Phi) is 8.26. The van der Waals surface area contributed by atoms with Crippen molar-refractivity contribution in [2.45, 2.75) is 19.8 Å². The maximum atomic E-state index is 13.3. The summed E-state index contributed by atoms with van der Waals surface area (Å²) in [4.78, 5) is 22.1. The first-order valence-corrected chi connectivity index (χ1v) is 12.6. The summed E-state index contributed by atoms with van der Waals surface area (Å²) in [6.07, 6.45) is 0. The van der Waals surface area contributed by atoms with Crippen molar-refractivity contribution >= 4 is 44.2 Å². The molecule has 0 radical (unpaired) electrons. The van der Waals surface area contributed by atoms with E-state index >= 15 is 0 Å². The van der Waals surface area contributed by atoms with Crippen LogP contribution in [-0.2, 0) is 9.53 Å². The number of anilines is 1. The second kappa shape index (κ2) is 11.4. The second-order valence-electron chi connectivity index (χ2n) is 8.44. The highest BCUT2D eigenvalue weighted by Crippen LogP contribution is 2.38. The van der Waals surface area contributed by atoms with Gasteiger partial charge in [-0.2, -0.15) is 0 Å². The number of methoxy groups -OCH3 is 1. The van der Waals surface area contributed by atoms with Gasteiger partial charge >= 0.3 is 0 Å². The SMILES string of the molecule is COc1ccc(Cl)c2sc(N(CCN3CCOCC3)C(=O)COc3ccc(C(C)C)cc3)nc12. The highest BCUT2D eigenvalue weighted by molar-refractivity contribution is 7.23. The van der Waals surface area contributed by atoms with Crippen LogP contribution in [0, 0.1) is 0 Å². The predicted molar refractivity (Wildman–Crippen MR) is 137 cm³/mol. The zero-order chi connectivity index (χ0) is 24.1. The average molecular weight is 504 g/mol. The molecular weight excluding hydrogens is 474 g/mol. The van der Waals surface area contributed by atoms with Gasteiger partial charge in [-0.05, 0) is 35.7 Å². The van der Waals surface area contributed by atoms with E-state index < -0.39 is 0 Å². The Bertz CT molecular complexity index is 1110. The third-order valence-electron chi connectivity index (χ3n) is 5.85. The molecule has 34 heavy (non-hydrogen) atoms. The van der Waals surface area contributed by atoms with Crippen molar-refractivity contribution in [3.8, 4) is 11.5 Å². The highest BCUT2D eigenvalue weighted by atomic mass is 35.5. The minimum atomic E-state index is -0.157. The van der Waals surface area contributed by atoms with Gasteiger partial charge in [0.15, 0.2) is 11.7 Å². The van der Waals surface area contributed by atoms with Gasteiger partial charge in [0.05, 0.1) is 30.0 Å². The lowest BCUT2D eigenvalue weighted by Gasteiger charge is -2.29. The fraction of sp³-hybridized carbons (Fsp3) is 0.440. The molecule has 1 aromatic heterocycles. The number of amides is 1. The number of carbonyl (C=O) groups is 1. The number of hydrogen-bond donors (Lipinski definition) is 0. The molecule has 1 amide bonds. The van der Waals surface area contributed by atoms with Crippen molar-refractivity contribution in [2.75, 3.05) is 58.0 Å². The van der Waals surface area contributed by atoms with Crippen molar-refractivity contribution in [1.29, 1.82) is 0 Å². The van der Waals surface area contributed by atoms with Crippen LogP contribution in [0.5, 0.6) is 11.5 Å². The van der Waals surface area contributed by atoms with Crippen LogP contribution in [0.1, 0.15) is 25.3 Å². The smallest absolute Gasteiger partial charge is 0.266 e. The molecule has 0 unspecified atom stereocenters. The molecule has 0 aliphatic carbocycles. The quantitative estimate of drug-likeness (QED) is 0.417. The van der Waals surface area contributed by atoms with Crippen LogP contribution in [-0.4, -0.2) is 68.9 Å². The van der Waals surface area contributed by atoms with Gasteiger partial charge < -0.3 is 14.2 Å². The average Bonchev–Trinajstić information content (AvgIpc) is 3.30. The first kappa shape index (κ1) is 24.7. The van der Waals surface area contributed by atoms with Crippen molar-refractivity contribution in [3.05, 3.63) is 47.0 Å². The minimum absolute atomic E-state index is 0.0784. The van der Waals surface area contributed by atoms with Crippen LogP contribution < -0.4 is 14.4 Å². The van der Waals surface area contributed by atoms with Gasteiger partial charge in [-0.1, -0.05) is 48.9 Å². The first-order chi connectivity index (χ1) is 16.5. The van der Waals surface area contributed by atoms with Gasteiger partial charge in [-0.15, -0.1) is 0 Å². The molecule has 0 bridgehead atoms. The summed E-state index contributed by atoms with van der Waals surface area (Å²) < 4.78 is 17.5. The molecule has 1 aliphatic rings. The van der Waals surface area contributed by atoms with Gasteiger partial charge in [0, 0.05) is 26.2 Å². The number of benzene rings is 2. The molecule has 0 N–H and O–H groups in total. The number of rotatable bonds is 9. The van der Waals surface area contributed by atoms with Gasteiger partial charge in [-0.25, -0.2) is 4.98 Å². The highest BCUT2D eigenvalue weighted by Gasteiger charge is 2.24. The lowest BCUT2D eigenvalue weighted by atomic mass is 10.0. The fourth-order valence-electron chi connectivity index (χ4n) is 3.79. The van der Waals surface area contributed by atoms with Gasteiger partial charge in [0.2, 0.25) is 0 Å². The van der Waals surface area contributed by atoms with Crippen LogP contribution in [0.15, 0.2) is 36.4 Å². The maximum absolute atomic E-state index is 13.3. The van der Waals surface area contributed by atoms with E-state index in [2.05, 4.69) is 18.7 Å². The van der Waals surface area contributed by atoms with Crippen LogP contribution in [0.25, 0.3) is 10.2 Å². The number of thiazole rings is 1. The third kappa shape index (κ3) is 5.81. The molecule has 1 fully saturated rings. The van der Waals surface area contributed by atoms with Crippen molar-refractivity contribution in [1.82, 2.24) is 9.88 Å². The molecule has 0 spiro atoms. The zero-order valence-electron chi connectivity index (χ0n) is 19.8. The summed E-state index contributed by atoms with van der Waals surface area (Å²) in [7, 11) is 1.60. The Morgan fingerprint density at radius 1 is 1.21 bits per heavy atom. The van der Waals surface area contributed by atoms with E-state index in [1.165, 1.54) is 16.9 Å². The zero-order valence-corrected chi connectivity index (χ0v) is 21.3. The summed E-state index contributed by atoms with van der Waals surface area (Å²) in [6, 6.07) is 11.4. The molecule has 0 atom stereocenters. The summed E-state index contributed by atoms with van der Waals surface area (Å²) >= 11 is 7.81. The van der Waals surface area contributed by atoms with Crippen LogP contribution in [0.3, 0.4) is 0 Å². The monoisotopic (exact) mass is 503 g/mol. The third-order valence-corrected chi connectivity index (χ3v) is 7.39. The molecule has 2 aromatic carbocycles. The normalized spacial score (nSPS) is 14.5. The van der Waals surface area contributed by atoms with Crippen molar-refractivity contribution < 1.29 is 19.0 Å². The Labute approximate surface area is 209 Å². The number of aromatic nitrogens is 1. The lowest BCUT2D eigenvalue weighted by Crippen LogP contribution is -2.44. The van der Waals surface area contributed by atoms with E-state index in [1.807, 2.05) is 24.3 Å². The molecule has 3 aromatic rings. The number of hydrogen-bond acceptors (Lipinski definition) is 7. The molecule has 7 nitrogen and oxygen atoms in total. The van der Waals surface area contributed by atoms with E-state index in [1.54, 1.807) is 24.1 Å². The molecule has 1 saturated heterocycles. The summed E-state index contributed by atoms with van der Waals surface area (Å²) in [5.41, 5.74) is 1.88. The molecule has 2 heterocycles. The number of halogens is 1. The van der Waals surface area contributed by atoms with Gasteiger partial charge in [-0.3, -0.25) is 14.6 Å². The number of nitrogens with zero attached hydrogens (tertiary/aromatic N) is 3. The van der Waals surface area contributed by atoms with E-state index in [0.29, 0.717) is 52.8 Å². The Balaban J connectivity index is 1.54. The Morgan fingerprint density at radius 2 is 1.94 bits per heavy atom. The molecule has 9 heteroatoms. The summed E-state index contributed by atoms with van der Waals surface area (Å²) in [5, 5.41) is 1.17. The van der Waals surface area contributed by atoms with E-state index in [9.17, 15) is 4.79 Å². The predicted octanol–water partition coefficient (Wildman–Crippen LogP) is 4.83. The van der Waals surface area contributed by atoms with E-state index in [0.717, 1.165) is 24.3 Å². The largest absolute Gasteiger partial charge is 0.494 e. The molecule has 4 rings (SSSR count). The van der Waals surface area contributed by atoms with E-state index in [4.69, 9.17) is 30.8 Å². The molecule has 0 saturated carbocycles. The van der Waals surface area contributed by atoms with Gasteiger partial charge in [0.1, 0.15) is 17.0 Å². The fourth-order valence-corrected chi connectivity index (χ4v) is 5.09. The van der Waals surface area contributed by atoms with Gasteiger partial charge in [0.25, 0.3) is 5.91 Å². The van der Waals surface area contributed by atoms with Crippen LogP contribution >= 0.6 is 22.9 Å². The van der Waals surface area contributed by atoms with Crippen LogP contribution in [0.2, 0.25) is 5.02 Å². The minimum Gasteiger partial charge on any atom is -0.494 e. The molecule has 1 aliphatic heterocycles. The Hall–Kier alpha value is -2.39.